The highest BCUT2D eigenvalue weighted by molar-refractivity contribution is 6.35. The Morgan fingerprint density at radius 3 is 2.42 bits per heavy atom. The number of rotatable bonds is 5. The van der Waals surface area contributed by atoms with Gasteiger partial charge in [0.25, 0.3) is 0 Å². The molecule has 1 fully saturated rings. The summed E-state index contributed by atoms with van der Waals surface area (Å²) in [7, 11) is 0. The number of H-pyrrole nitrogens is 1. The quantitative estimate of drug-likeness (QED) is 0.314. The molecule has 7 heteroatoms. The smallest absolute Gasteiger partial charge is 0.138 e. The van der Waals surface area contributed by atoms with Crippen molar-refractivity contribution in [3.8, 4) is 22.5 Å². The summed E-state index contributed by atoms with van der Waals surface area (Å²) in [5.74, 6) is 0.810. The lowest BCUT2D eigenvalue weighted by Crippen LogP contribution is -2.47. The summed E-state index contributed by atoms with van der Waals surface area (Å²) >= 11 is 6.34. The molecule has 6 nitrogen and oxygen atoms in total. The predicted octanol–water partition coefficient (Wildman–Crippen LogP) is 6.22. The molecule has 2 aromatic carbocycles. The number of aromatic amines is 1. The molecule has 0 amide bonds. The van der Waals surface area contributed by atoms with Gasteiger partial charge in [0.2, 0.25) is 0 Å². The molecule has 0 bridgehead atoms. The van der Waals surface area contributed by atoms with E-state index in [4.69, 9.17) is 16.6 Å². The average Bonchev–Trinajstić information content (AvgIpc) is 3.39. The maximum Gasteiger partial charge on any atom is 0.138 e. The predicted molar refractivity (Wildman–Crippen MR) is 146 cm³/mol. The molecule has 1 atom stereocenters. The van der Waals surface area contributed by atoms with Crippen molar-refractivity contribution in [2.45, 2.75) is 13.0 Å². The van der Waals surface area contributed by atoms with E-state index in [1.165, 1.54) is 11.3 Å². The highest BCUT2D eigenvalue weighted by Gasteiger charge is 2.23. The van der Waals surface area contributed by atoms with E-state index >= 15 is 0 Å². The third kappa shape index (κ3) is 4.45. The van der Waals surface area contributed by atoms with Crippen LogP contribution in [-0.2, 0) is 0 Å². The van der Waals surface area contributed by atoms with Crippen molar-refractivity contribution < 1.29 is 0 Å². The summed E-state index contributed by atoms with van der Waals surface area (Å²) in [4.78, 5) is 21.8. The van der Waals surface area contributed by atoms with Crippen LogP contribution in [0.4, 0.5) is 5.69 Å². The van der Waals surface area contributed by atoms with Gasteiger partial charge in [0.15, 0.2) is 0 Å². The zero-order chi connectivity index (χ0) is 24.5. The number of halogens is 1. The van der Waals surface area contributed by atoms with E-state index in [0.717, 1.165) is 59.7 Å². The van der Waals surface area contributed by atoms with Crippen LogP contribution in [-0.4, -0.2) is 51.0 Å². The monoisotopic (exact) mass is 494 g/mol. The Morgan fingerprint density at radius 1 is 0.833 bits per heavy atom. The Kier molecular flexibility index (Phi) is 6.13. The maximum atomic E-state index is 6.34. The number of fused-ring (bicyclic) bond motifs is 1. The Balaban J connectivity index is 1.21. The Morgan fingerprint density at radius 2 is 1.61 bits per heavy atom. The summed E-state index contributed by atoms with van der Waals surface area (Å²) in [6, 6.07) is 20.9. The van der Waals surface area contributed by atoms with Crippen molar-refractivity contribution in [3.05, 3.63) is 96.0 Å². The van der Waals surface area contributed by atoms with Crippen LogP contribution in [0.15, 0.2) is 85.5 Å². The Labute approximate surface area is 215 Å². The van der Waals surface area contributed by atoms with Crippen LogP contribution in [0, 0.1) is 0 Å². The zero-order valence-corrected chi connectivity index (χ0v) is 20.9. The van der Waals surface area contributed by atoms with Gasteiger partial charge in [0, 0.05) is 73.8 Å². The lowest BCUT2D eigenvalue weighted by molar-refractivity contribution is 0.198. The number of aromatic nitrogens is 4. The molecule has 4 heterocycles. The van der Waals surface area contributed by atoms with Gasteiger partial charge in [-0.25, -0.2) is 4.98 Å². The van der Waals surface area contributed by atoms with Crippen LogP contribution in [0.5, 0.6) is 0 Å². The number of piperazine rings is 1. The summed E-state index contributed by atoms with van der Waals surface area (Å²) in [5, 5.41) is 0.652. The first-order valence-electron chi connectivity index (χ1n) is 12.2. The van der Waals surface area contributed by atoms with Crippen molar-refractivity contribution in [2.75, 3.05) is 31.1 Å². The zero-order valence-electron chi connectivity index (χ0n) is 20.1. The molecule has 1 saturated heterocycles. The normalized spacial score (nSPS) is 15.3. The fourth-order valence-corrected chi connectivity index (χ4v) is 5.17. The largest absolute Gasteiger partial charge is 0.369 e. The van der Waals surface area contributed by atoms with Crippen LogP contribution in [0.25, 0.3) is 33.5 Å². The maximum absolute atomic E-state index is 6.34. The molecule has 1 aliphatic rings. The Hall–Kier alpha value is -3.74. The third-order valence-electron chi connectivity index (χ3n) is 7.06. The first kappa shape index (κ1) is 22.7. The Bertz CT molecular complexity index is 1490. The number of para-hydroxylation sites is 1. The first-order chi connectivity index (χ1) is 17.7. The van der Waals surface area contributed by atoms with E-state index in [0.29, 0.717) is 5.02 Å². The van der Waals surface area contributed by atoms with Crippen molar-refractivity contribution in [1.82, 2.24) is 24.8 Å². The number of nitrogens with zero attached hydrogens (tertiary/aromatic N) is 5. The highest BCUT2D eigenvalue weighted by Crippen LogP contribution is 2.30. The highest BCUT2D eigenvalue weighted by atomic mass is 35.5. The fraction of sp³-hybridized carbons (Fsp3) is 0.207. The van der Waals surface area contributed by atoms with Crippen LogP contribution in [0.1, 0.15) is 18.5 Å². The lowest BCUT2D eigenvalue weighted by Gasteiger charge is -2.39. The molecule has 6 rings (SSSR count). The molecule has 180 valence electrons. The standard InChI is InChI=1S/C29H27ClN6/c1-20(35-12-14-36(15-13-35)25-8-10-31-11-9-25)23-17-24(19-32-18-23)21-4-2-5-22(16-21)29-33-27-7-3-6-26(30)28(27)34-29/h2-11,16-20H,12-15H2,1H3,(H,33,34). The SMILES string of the molecule is CC(c1cncc(-c2cccc(-c3nc4c(Cl)cccc4[nH]3)c2)c1)N1CCN(c2ccncc2)CC1. The minimum absolute atomic E-state index is 0.290. The van der Waals surface area contributed by atoms with Crippen molar-refractivity contribution >= 4 is 28.3 Å². The van der Waals surface area contributed by atoms with E-state index in [1.807, 2.05) is 43.0 Å². The number of nitrogens with one attached hydrogen (secondary N) is 1. The van der Waals surface area contributed by atoms with Gasteiger partial charge in [0.1, 0.15) is 11.3 Å². The number of imidazole rings is 1. The number of hydrogen-bond donors (Lipinski definition) is 1. The number of pyridine rings is 2. The molecule has 1 N–H and O–H groups in total. The van der Waals surface area contributed by atoms with Gasteiger partial charge in [-0.2, -0.15) is 0 Å². The second kappa shape index (κ2) is 9.72. The van der Waals surface area contributed by atoms with E-state index in [-0.39, 0.29) is 6.04 Å². The molecule has 5 aromatic rings. The average molecular weight is 495 g/mol. The number of anilines is 1. The van der Waals surface area contributed by atoms with E-state index in [9.17, 15) is 0 Å². The van der Waals surface area contributed by atoms with Gasteiger partial charge >= 0.3 is 0 Å². The lowest BCUT2D eigenvalue weighted by atomic mass is 10.0. The molecule has 0 aliphatic carbocycles. The van der Waals surface area contributed by atoms with Crippen molar-refractivity contribution in [3.63, 3.8) is 0 Å². The summed E-state index contributed by atoms with van der Waals surface area (Å²) in [6.07, 6.45) is 7.65. The molecular formula is C29H27ClN6. The number of benzene rings is 2. The topological polar surface area (TPSA) is 60.9 Å². The van der Waals surface area contributed by atoms with Crippen LogP contribution < -0.4 is 4.90 Å². The molecule has 3 aromatic heterocycles. The molecule has 0 radical (unpaired) electrons. The fourth-order valence-electron chi connectivity index (χ4n) is 4.96. The molecular weight excluding hydrogens is 468 g/mol. The molecule has 1 unspecified atom stereocenters. The van der Waals surface area contributed by atoms with E-state index in [1.54, 1.807) is 0 Å². The van der Waals surface area contributed by atoms with Gasteiger partial charge < -0.3 is 9.88 Å². The molecule has 36 heavy (non-hydrogen) atoms. The van der Waals surface area contributed by atoms with Gasteiger partial charge in [-0.1, -0.05) is 35.9 Å². The van der Waals surface area contributed by atoms with Crippen LogP contribution in [0.3, 0.4) is 0 Å². The van der Waals surface area contributed by atoms with Gasteiger partial charge in [0.05, 0.1) is 10.5 Å². The third-order valence-corrected chi connectivity index (χ3v) is 7.37. The van der Waals surface area contributed by atoms with Gasteiger partial charge in [-0.05, 0) is 54.4 Å². The first-order valence-corrected chi connectivity index (χ1v) is 12.6. The van der Waals surface area contributed by atoms with Crippen LogP contribution in [0.2, 0.25) is 5.02 Å². The van der Waals surface area contributed by atoms with E-state index in [2.05, 4.69) is 74.1 Å². The summed E-state index contributed by atoms with van der Waals surface area (Å²) in [5.41, 5.74) is 7.43. The van der Waals surface area contributed by atoms with E-state index < -0.39 is 0 Å². The minimum atomic E-state index is 0.290. The molecule has 1 aliphatic heterocycles. The minimum Gasteiger partial charge on any atom is -0.369 e. The van der Waals surface area contributed by atoms with Gasteiger partial charge in [-0.15, -0.1) is 0 Å². The summed E-state index contributed by atoms with van der Waals surface area (Å²) < 4.78 is 0. The molecule has 0 spiro atoms. The second-order valence-corrected chi connectivity index (χ2v) is 9.62. The van der Waals surface area contributed by atoms with Crippen LogP contribution >= 0.6 is 11.6 Å². The van der Waals surface area contributed by atoms with Gasteiger partial charge in [-0.3, -0.25) is 14.9 Å². The molecule has 0 saturated carbocycles. The van der Waals surface area contributed by atoms with Crippen molar-refractivity contribution in [2.24, 2.45) is 0 Å². The number of hydrogen-bond acceptors (Lipinski definition) is 5. The van der Waals surface area contributed by atoms with Crippen molar-refractivity contribution in [1.29, 1.82) is 0 Å². The summed E-state index contributed by atoms with van der Waals surface area (Å²) in [6.45, 7) is 6.31. The second-order valence-electron chi connectivity index (χ2n) is 9.21.